The molecule has 4 nitrogen and oxygen atoms in total. The zero-order chi connectivity index (χ0) is 26.5. The molecule has 3 aromatic rings. The third-order valence-electron chi connectivity index (χ3n) is 6.66. The number of aromatic nitrogens is 1. The van der Waals surface area contributed by atoms with Crippen molar-refractivity contribution in [3.05, 3.63) is 100 Å². The molecule has 1 unspecified atom stereocenters. The summed E-state index contributed by atoms with van der Waals surface area (Å²) in [7, 11) is 0. The van der Waals surface area contributed by atoms with Gasteiger partial charge in [-0.3, -0.25) is 4.98 Å². The molecule has 4 rings (SSSR count). The molecule has 0 bridgehead atoms. The fourth-order valence-electron chi connectivity index (χ4n) is 4.76. The Labute approximate surface area is 218 Å². The summed E-state index contributed by atoms with van der Waals surface area (Å²) in [6.45, 7) is 1.05. The van der Waals surface area contributed by atoms with E-state index in [2.05, 4.69) is 10.3 Å². The first kappa shape index (κ1) is 26.9. The number of pyridine rings is 1. The molecule has 2 aromatic carbocycles. The van der Waals surface area contributed by atoms with Gasteiger partial charge in [0.25, 0.3) is 0 Å². The maximum absolute atomic E-state index is 14.7. The van der Waals surface area contributed by atoms with E-state index >= 15 is 0 Å². The fraction of sp³-hybridized carbons (Fsp3) is 0.357. The second kappa shape index (κ2) is 11.5. The van der Waals surface area contributed by atoms with E-state index in [9.17, 15) is 22.4 Å². The minimum absolute atomic E-state index is 0.0444. The zero-order valence-electron chi connectivity index (χ0n) is 20.2. The number of amides is 2. The van der Waals surface area contributed by atoms with Crippen molar-refractivity contribution in [3.63, 3.8) is 0 Å². The topological polar surface area (TPSA) is 45.2 Å². The number of urea groups is 1. The van der Waals surface area contributed by atoms with Gasteiger partial charge >= 0.3 is 12.2 Å². The molecule has 1 aliphatic heterocycles. The molecular formula is C28H28ClF4N3O. The zero-order valence-corrected chi connectivity index (χ0v) is 21.0. The van der Waals surface area contributed by atoms with E-state index in [0.717, 1.165) is 49.8 Å². The Hall–Kier alpha value is -3.13. The van der Waals surface area contributed by atoms with Gasteiger partial charge in [-0.2, -0.15) is 13.2 Å². The number of nitrogens with one attached hydrogen (secondary N) is 1. The molecule has 37 heavy (non-hydrogen) atoms. The molecule has 1 aliphatic rings. The molecule has 1 aromatic heterocycles. The Kier molecular flexibility index (Phi) is 8.37. The third-order valence-corrected chi connectivity index (χ3v) is 6.88. The maximum Gasteiger partial charge on any atom is 0.416 e. The van der Waals surface area contributed by atoms with Gasteiger partial charge in [0.2, 0.25) is 0 Å². The Morgan fingerprint density at radius 3 is 2.19 bits per heavy atom. The maximum atomic E-state index is 14.7. The van der Waals surface area contributed by atoms with Gasteiger partial charge in [0.15, 0.2) is 0 Å². The number of alkyl halides is 3. The predicted octanol–water partition coefficient (Wildman–Crippen LogP) is 7.35. The average Bonchev–Trinajstić information content (AvgIpc) is 2.83. The van der Waals surface area contributed by atoms with Gasteiger partial charge in [-0.05, 0) is 54.3 Å². The Morgan fingerprint density at radius 1 is 0.919 bits per heavy atom. The van der Waals surface area contributed by atoms with E-state index in [4.69, 9.17) is 11.6 Å². The molecule has 0 spiro atoms. The van der Waals surface area contributed by atoms with Crippen LogP contribution >= 0.6 is 11.6 Å². The SMILES string of the molecule is O=C(NC(Cc1ccccc1)(c1cc(F)cc(C(F)(F)F)c1)c1ccc(Cl)cn1)N1CCCCCCC1. The lowest BCUT2D eigenvalue weighted by Gasteiger charge is -2.38. The Morgan fingerprint density at radius 2 is 1.57 bits per heavy atom. The van der Waals surface area contributed by atoms with Crippen LogP contribution in [0.2, 0.25) is 5.02 Å². The number of hydrogen-bond donors (Lipinski definition) is 1. The molecule has 9 heteroatoms. The van der Waals surface area contributed by atoms with Crippen molar-refractivity contribution in [2.24, 2.45) is 0 Å². The van der Waals surface area contributed by atoms with Crippen LogP contribution in [0.3, 0.4) is 0 Å². The minimum Gasteiger partial charge on any atom is -0.325 e. The normalized spacial score (nSPS) is 16.4. The summed E-state index contributed by atoms with van der Waals surface area (Å²) in [5.74, 6) is -1.06. The lowest BCUT2D eigenvalue weighted by atomic mass is 9.79. The quantitative estimate of drug-likeness (QED) is 0.348. The number of nitrogens with zero attached hydrogens (tertiary/aromatic N) is 2. The molecule has 1 N–H and O–H groups in total. The first-order chi connectivity index (χ1) is 17.7. The van der Waals surface area contributed by atoms with Crippen LogP contribution in [0.1, 0.15) is 54.5 Å². The van der Waals surface area contributed by atoms with Crippen LogP contribution in [0, 0.1) is 5.82 Å². The average molecular weight is 534 g/mol. The van der Waals surface area contributed by atoms with E-state index in [0.29, 0.717) is 24.2 Å². The van der Waals surface area contributed by atoms with E-state index in [-0.39, 0.29) is 17.7 Å². The van der Waals surface area contributed by atoms with Crippen LogP contribution in [-0.2, 0) is 18.1 Å². The van der Waals surface area contributed by atoms with Gasteiger partial charge in [0.1, 0.15) is 11.4 Å². The van der Waals surface area contributed by atoms with E-state index in [1.54, 1.807) is 41.3 Å². The molecule has 0 aliphatic carbocycles. The number of hydrogen-bond acceptors (Lipinski definition) is 2. The number of benzene rings is 2. The van der Waals surface area contributed by atoms with Crippen LogP contribution in [0.25, 0.3) is 0 Å². The second-order valence-electron chi connectivity index (χ2n) is 9.34. The lowest BCUT2D eigenvalue weighted by molar-refractivity contribution is -0.137. The largest absolute Gasteiger partial charge is 0.416 e. The van der Waals surface area contributed by atoms with Crippen LogP contribution in [0.5, 0.6) is 0 Å². The molecule has 0 radical (unpaired) electrons. The van der Waals surface area contributed by atoms with Crippen molar-refractivity contribution in [1.82, 2.24) is 15.2 Å². The van der Waals surface area contributed by atoms with E-state index in [1.165, 1.54) is 6.20 Å². The number of halogens is 5. The smallest absolute Gasteiger partial charge is 0.325 e. The Bertz CT molecular complexity index is 1200. The highest BCUT2D eigenvalue weighted by Crippen LogP contribution is 2.38. The van der Waals surface area contributed by atoms with Crippen LogP contribution in [0.15, 0.2) is 66.9 Å². The van der Waals surface area contributed by atoms with Gasteiger partial charge in [-0.15, -0.1) is 0 Å². The van der Waals surface area contributed by atoms with Gasteiger partial charge < -0.3 is 10.2 Å². The summed E-state index contributed by atoms with van der Waals surface area (Å²) >= 11 is 6.07. The van der Waals surface area contributed by atoms with Gasteiger partial charge in [0.05, 0.1) is 16.3 Å². The predicted molar refractivity (Wildman–Crippen MR) is 135 cm³/mol. The van der Waals surface area contributed by atoms with E-state index in [1.807, 2.05) is 6.07 Å². The van der Waals surface area contributed by atoms with Crippen LogP contribution in [0.4, 0.5) is 22.4 Å². The van der Waals surface area contributed by atoms with Crippen molar-refractivity contribution in [2.45, 2.75) is 50.2 Å². The first-order valence-electron chi connectivity index (χ1n) is 12.3. The van der Waals surface area contributed by atoms with Crippen molar-refractivity contribution >= 4 is 17.6 Å². The van der Waals surface area contributed by atoms with Crippen molar-refractivity contribution in [2.75, 3.05) is 13.1 Å². The molecule has 196 valence electrons. The number of carbonyl (C=O) groups is 1. The molecule has 1 saturated heterocycles. The molecule has 1 fully saturated rings. The van der Waals surface area contributed by atoms with Crippen LogP contribution in [-0.4, -0.2) is 29.0 Å². The van der Waals surface area contributed by atoms with E-state index < -0.39 is 29.1 Å². The minimum atomic E-state index is -4.78. The fourth-order valence-corrected chi connectivity index (χ4v) is 4.87. The highest BCUT2D eigenvalue weighted by Gasteiger charge is 2.41. The van der Waals surface area contributed by atoms with Crippen molar-refractivity contribution in [3.8, 4) is 0 Å². The molecular weight excluding hydrogens is 506 g/mol. The van der Waals surface area contributed by atoms with Crippen molar-refractivity contribution in [1.29, 1.82) is 0 Å². The van der Waals surface area contributed by atoms with Crippen LogP contribution < -0.4 is 5.32 Å². The standard InChI is InChI=1S/C28H28ClF4N3O/c29-23-11-12-25(34-19-23)27(18-20-9-5-4-6-10-20,21-15-22(28(31,32)33)17-24(30)16-21)35-26(37)36-13-7-2-1-3-8-14-36/h4-6,9-12,15-17,19H,1-3,7-8,13-14,18H2,(H,35,37). The summed E-state index contributed by atoms with van der Waals surface area (Å²) in [5.41, 5.74) is -1.83. The molecule has 0 saturated carbocycles. The first-order valence-corrected chi connectivity index (χ1v) is 12.7. The summed E-state index contributed by atoms with van der Waals surface area (Å²) in [6, 6.07) is 14.0. The number of likely N-dealkylation sites (tertiary alicyclic amines) is 1. The van der Waals surface area contributed by atoms with Gasteiger partial charge in [0, 0.05) is 25.7 Å². The number of carbonyl (C=O) groups excluding carboxylic acids is 1. The highest BCUT2D eigenvalue weighted by atomic mass is 35.5. The summed E-state index contributed by atoms with van der Waals surface area (Å²) in [4.78, 5) is 19.8. The second-order valence-corrected chi connectivity index (χ2v) is 9.78. The van der Waals surface area contributed by atoms with Gasteiger partial charge in [-0.1, -0.05) is 61.2 Å². The third kappa shape index (κ3) is 6.60. The summed E-state index contributed by atoms with van der Waals surface area (Å²) < 4.78 is 56.0. The molecule has 2 amide bonds. The monoisotopic (exact) mass is 533 g/mol. The summed E-state index contributed by atoms with van der Waals surface area (Å²) in [5, 5.41) is 3.32. The Balaban J connectivity index is 1.89. The molecule has 1 atom stereocenters. The van der Waals surface area contributed by atoms with Gasteiger partial charge in [-0.25, -0.2) is 9.18 Å². The highest BCUT2D eigenvalue weighted by molar-refractivity contribution is 6.30. The number of rotatable bonds is 5. The van der Waals surface area contributed by atoms with Crippen molar-refractivity contribution < 1.29 is 22.4 Å². The lowest BCUT2D eigenvalue weighted by Crippen LogP contribution is -2.54. The molecule has 2 heterocycles. The summed E-state index contributed by atoms with van der Waals surface area (Å²) in [6.07, 6.45) is 1.38.